The van der Waals surface area contributed by atoms with Crippen LogP contribution in [0.5, 0.6) is 0 Å². The molecule has 0 spiro atoms. The van der Waals surface area contributed by atoms with Gasteiger partial charge in [-0.3, -0.25) is 14.9 Å². The predicted molar refractivity (Wildman–Crippen MR) is 109 cm³/mol. The van der Waals surface area contributed by atoms with Gasteiger partial charge in [-0.2, -0.15) is 0 Å². The molecule has 2 aliphatic heterocycles. The normalized spacial score (nSPS) is 20.4. The number of ether oxygens (including phenoxy) is 1. The molecule has 8 heteroatoms. The molecule has 0 aliphatic carbocycles. The van der Waals surface area contributed by atoms with Crippen molar-refractivity contribution < 1.29 is 19.2 Å². The number of nitro groups is 1. The number of carbonyl (C=O) groups excluding carboxylic acids is 2. The van der Waals surface area contributed by atoms with Gasteiger partial charge in [0.15, 0.2) is 6.61 Å². The number of amides is 1. The van der Waals surface area contributed by atoms with E-state index in [0.29, 0.717) is 30.6 Å². The van der Waals surface area contributed by atoms with Gasteiger partial charge >= 0.3 is 5.97 Å². The van der Waals surface area contributed by atoms with Gasteiger partial charge in [0, 0.05) is 32.2 Å². The zero-order valence-electron chi connectivity index (χ0n) is 17.1. The van der Waals surface area contributed by atoms with Crippen LogP contribution in [0.15, 0.2) is 18.2 Å². The van der Waals surface area contributed by atoms with Gasteiger partial charge in [-0.25, -0.2) is 4.79 Å². The van der Waals surface area contributed by atoms with E-state index < -0.39 is 10.9 Å². The minimum atomic E-state index is -0.717. The van der Waals surface area contributed by atoms with Crippen LogP contribution in [0, 0.1) is 22.0 Å². The molecule has 1 aromatic carbocycles. The quantitative estimate of drug-likeness (QED) is 0.426. The van der Waals surface area contributed by atoms with Gasteiger partial charge in [0.25, 0.3) is 11.6 Å². The van der Waals surface area contributed by atoms with Crippen LogP contribution in [-0.4, -0.2) is 54.5 Å². The molecule has 0 bridgehead atoms. The van der Waals surface area contributed by atoms with E-state index in [2.05, 4.69) is 13.8 Å². The van der Waals surface area contributed by atoms with Crippen LogP contribution in [0.1, 0.15) is 49.9 Å². The Morgan fingerprint density at radius 2 is 1.86 bits per heavy atom. The fraction of sp³-hybridized carbons (Fsp3) is 0.619. The maximum absolute atomic E-state index is 12.4. The molecular formula is C21H29N3O5. The summed E-state index contributed by atoms with van der Waals surface area (Å²) in [6, 6.07) is 4.40. The van der Waals surface area contributed by atoms with Crippen molar-refractivity contribution in [3.8, 4) is 0 Å². The second-order valence-corrected chi connectivity index (χ2v) is 8.29. The molecule has 0 radical (unpaired) electrons. The van der Waals surface area contributed by atoms with Crippen molar-refractivity contribution in [3.05, 3.63) is 33.9 Å². The van der Waals surface area contributed by atoms with E-state index in [1.165, 1.54) is 12.1 Å². The molecule has 2 heterocycles. The number of carbonyl (C=O) groups is 2. The summed E-state index contributed by atoms with van der Waals surface area (Å²) in [4.78, 5) is 39.4. The highest BCUT2D eigenvalue weighted by molar-refractivity contribution is 5.93. The first kappa shape index (κ1) is 21.1. The number of nitrogens with zero attached hydrogens (tertiary/aromatic N) is 3. The SMILES string of the molecule is CC1CCN(C(=O)COC(=O)c2ccc(N3CCC[C@@H](C)C3)c([N+](=O)[O-])c2)CC1. The zero-order chi connectivity index (χ0) is 21.0. The topological polar surface area (TPSA) is 93.0 Å². The highest BCUT2D eigenvalue weighted by Crippen LogP contribution is 2.32. The number of likely N-dealkylation sites (tertiary alicyclic amines) is 1. The molecule has 0 unspecified atom stereocenters. The molecule has 158 valence electrons. The number of esters is 1. The number of benzene rings is 1. The molecule has 8 nitrogen and oxygen atoms in total. The maximum atomic E-state index is 12.4. The molecule has 0 N–H and O–H groups in total. The van der Waals surface area contributed by atoms with Crippen LogP contribution in [0.3, 0.4) is 0 Å². The lowest BCUT2D eigenvalue weighted by atomic mass is 9.99. The summed E-state index contributed by atoms with van der Waals surface area (Å²) in [6.07, 6.45) is 3.99. The van der Waals surface area contributed by atoms with Gasteiger partial charge in [-0.05, 0) is 49.7 Å². The first-order chi connectivity index (χ1) is 13.8. The van der Waals surface area contributed by atoms with Crippen molar-refractivity contribution in [2.75, 3.05) is 37.7 Å². The molecule has 0 saturated carbocycles. The molecule has 1 aromatic rings. The van der Waals surface area contributed by atoms with E-state index in [-0.39, 0.29) is 23.8 Å². The van der Waals surface area contributed by atoms with Crippen LogP contribution >= 0.6 is 0 Å². The van der Waals surface area contributed by atoms with Crippen LogP contribution in [0.25, 0.3) is 0 Å². The summed E-state index contributed by atoms with van der Waals surface area (Å²) in [5.41, 5.74) is 0.507. The monoisotopic (exact) mass is 403 g/mol. The second-order valence-electron chi connectivity index (χ2n) is 8.29. The lowest BCUT2D eigenvalue weighted by Gasteiger charge is -2.32. The van der Waals surface area contributed by atoms with E-state index in [0.717, 1.165) is 38.8 Å². The van der Waals surface area contributed by atoms with Crippen molar-refractivity contribution in [3.63, 3.8) is 0 Å². The highest BCUT2D eigenvalue weighted by Gasteiger charge is 2.26. The van der Waals surface area contributed by atoms with Gasteiger partial charge in [-0.15, -0.1) is 0 Å². The van der Waals surface area contributed by atoms with Crippen LogP contribution in [0.2, 0.25) is 0 Å². The van der Waals surface area contributed by atoms with Gasteiger partial charge in [0.1, 0.15) is 5.69 Å². The van der Waals surface area contributed by atoms with Crippen LogP contribution in [0.4, 0.5) is 11.4 Å². The molecule has 2 fully saturated rings. The van der Waals surface area contributed by atoms with Gasteiger partial charge in [-0.1, -0.05) is 13.8 Å². The average molecular weight is 403 g/mol. The molecule has 3 rings (SSSR count). The van der Waals surface area contributed by atoms with Crippen LogP contribution in [-0.2, 0) is 9.53 Å². The zero-order valence-corrected chi connectivity index (χ0v) is 17.1. The third kappa shape index (κ3) is 5.25. The standard InChI is InChI=1S/C21H29N3O5/c1-15-7-10-22(11-8-15)20(25)14-29-21(26)17-5-6-18(19(12-17)24(27)28)23-9-3-4-16(2)13-23/h5-6,12,15-16H,3-4,7-11,13-14H2,1-2H3/t16-/m1/s1. The highest BCUT2D eigenvalue weighted by atomic mass is 16.6. The summed E-state index contributed by atoms with van der Waals surface area (Å²) in [7, 11) is 0. The van der Waals surface area contributed by atoms with E-state index in [1.807, 2.05) is 4.90 Å². The Labute approximate surface area is 171 Å². The minimum absolute atomic E-state index is 0.0885. The van der Waals surface area contributed by atoms with Crippen molar-refractivity contribution in [1.82, 2.24) is 4.90 Å². The van der Waals surface area contributed by atoms with Crippen molar-refractivity contribution in [2.24, 2.45) is 11.8 Å². The fourth-order valence-corrected chi connectivity index (χ4v) is 4.03. The predicted octanol–water partition coefficient (Wildman–Crippen LogP) is 3.25. The van der Waals surface area contributed by atoms with E-state index in [4.69, 9.17) is 4.74 Å². The molecule has 1 atom stereocenters. The Kier molecular flexibility index (Phi) is 6.71. The maximum Gasteiger partial charge on any atom is 0.338 e. The van der Waals surface area contributed by atoms with E-state index in [9.17, 15) is 19.7 Å². The average Bonchev–Trinajstić information content (AvgIpc) is 2.71. The lowest BCUT2D eigenvalue weighted by molar-refractivity contribution is -0.384. The number of anilines is 1. The molecule has 0 aromatic heterocycles. The van der Waals surface area contributed by atoms with Crippen molar-refractivity contribution in [2.45, 2.75) is 39.5 Å². The summed E-state index contributed by atoms with van der Waals surface area (Å²) < 4.78 is 5.14. The Hall–Kier alpha value is -2.64. The Morgan fingerprint density at radius 1 is 1.14 bits per heavy atom. The third-order valence-corrected chi connectivity index (χ3v) is 5.87. The third-order valence-electron chi connectivity index (χ3n) is 5.87. The van der Waals surface area contributed by atoms with Crippen molar-refractivity contribution >= 4 is 23.3 Å². The lowest BCUT2D eigenvalue weighted by Crippen LogP contribution is -2.40. The molecule has 2 saturated heterocycles. The minimum Gasteiger partial charge on any atom is -0.452 e. The number of nitro benzene ring substituents is 1. The summed E-state index contributed by atoms with van der Waals surface area (Å²) in [5.74, 6) is 0.129. The molecule has 1 amide bonds. The molecule has 2 aliphatic rings. The second kappa shape index (κ2) is 9.24. The molecule has 29 heavy (non-hydrogen) atoms. The number of hydrogen-bond donors (Lipinski definition) is 0. The summed E-state index contributed by atoms with van der Waals surface area (Å²) in [6.45, 7) is 6.81. The largest absolute Gasteiger partial charge is 0.452 e. The van der Waals surface area contributed by atoms with Crippen molar-refractivity contribution in [1.29, 1.82) is 0 Å². The first-order valence-electron chi connectivity index (χ1n) is 10.3. The van der Waals surface area contributed by atoms with E-state index in [1.54, 1.807) is 11.0 Å². The van der Waals surface area contributed by atoms with Gasteiger partial charge in [0.2, 0.25) is 0 Å². The smallest absolute Gasteiger partial charge is 0.338 e. The summed E-state index contributed by atoms with van der Waals surface area (Å²) >= 11 is 0. The van der Waals surface area contributed by atoms with E-state index >= 15 is 0 Å². The number of rotatable bonds is 5. The van der Waals surface area contributed by atoms with Crippen LogP contribution < -0.4 is 4.90 Å². The molecular weight excluding hydrogens is 374 g/mol. The Morgan fingerprint density at radius 3 is 2.52 bits per heavy atom. The number of hydrogen-bond acceptors (Lipinski definition) is 6. The van der Waals surface area contributed by atoms with Gasteiger partial charge in [0.05, 0.1) is 10.5 Å². The Bertz CT molecular complexity index is 774. The summed E-state index contributed by atoms with van der Waals surface area (Å²) in [5, 5.41) is 11.6. The first-order valence-corrected chi connectivity index (χ1v) is 10.3. The fourth-order valence-electron chi connectivity index (χ4n) is 4.03. The number of piperidine rings is 2. The Balaban J connectivity index is 1.65. The van der Waals surface area contributed by atoms with Gasteiger partial charge < -0.3 is 14.5 Å².